The summed E-state index contributed by atoms with van der Waals surface area (Å²) < 4.78 is 6.33. The van der Waals surface area contributed by atoms with Crippen molar-refractivity contribution in [2.75, 3.05) is 0 Å². The largest absolute Gasteiger partial charge is 0.338 e. The van der Waals surface area contributed by atoms with Gasteiger partial charge in [0.1, 0.15) is 0 Å². The number of rotatable bonds is 4. The maximum absolute atomic E-state index is 5.25. The Morgan fingerprint density at radius 3 is 2.79 bits per heavy atom. The SMILES string of the molecule is Brc1ccc(SCc2nc(-c3ccsc3)no2)cc1. The fourth-order valence-corrected chi connectivity index (χ4v) is 3.13. The van der Waals surface area contributed by atoms with E-state index >= 15 is 0 Å². The van der Waals surface area contributed by atoms with Gasteiger partial charge < -0.3 is 4.52 Å². The second kappa shape index (κ2) is 5.90. The molecule has 6 heteroatoms. The van der Waals surface area contributed by atoms with Crippen molar-refractivity contribution in [3.8, 4) is 11.4 Å². The average Bonchev–Trinajstić information content (AvgIpc) is 3.09. The lowest BCUT2D eigenvalue weighted by atomic mass is 10.3. The van der Waals surface area contributed by atoms with Gasteiger partial charge in [0.25, 0.3) is 0 Å². The molecule has 0 unspecified atom stereocenters. The first kappa shape index (κ1) is 12.9. The highest BCUT2D eigenvalue weighted by atomic mass is 79.9. The summed E-state index contributed by atoms with van der Waals surface area (Å²) in [4.78, 5) is 5.56. The molecule has 0 aliphatic rings. The molecule has 0 saturated heterocycles. The second-order valence-corrected chi connectivity index (χ2v) is 6.51. The van der Waals surface area contributed by atoms with Crippen LogP contribution in [0.15, 0.2) is 55.0 Å². The summed E-state index contributed by atoms with van der Waals surface area (Å²) in [5.74, 6) is 1.99. The van der Waals surface area contributed by atoms with E-state index < -0.39 is 0 Å². The first-order chi connectivity index (χ1) is 9.31. The van der Waals surface area contributed by atoms with Crippen LogP contribution in [0.1, 0.15) is 5.89 Å². The van der Waals surface area contributed by atoms with Crippen LogP contribution in [0, 0.1) is 0 Å². The summed E-state index contributed by atoms with van der Waals surface area (Å²) in [6.07, 6.45) is 0. The second-order valence-electron chi connectivity index (χ2n) is 3.77. The van der Waals surface area contributed by atoms with Crippen LogP contribution >= 0.6 is 39.0 Å². The summed E-state index contributed by atoms with van der Waals surface area (Å²) >= 11 is 6.72. The summed E-state index contributed by atoms with van der Waals surface area (Å²) in [5, 5.41) is 8.00. The van der Waals surface area contributed by atoms with E-state index in [9.17, 15) is 0 Å². The standard InChI is InChI=1S/C13H9BrN2OS2/c14-10-1-3-11(4-2-10)19-8-12-15-13(16-17-12)9-5-6-18-7-9/h1-7H,8H2. The first-order valence-corrected chi connectivity index (χ1v) is 8.27. The zero-order chi connectivity index (χ0) is 13.1. The van der Waals surface area contributed by atoms with Crippen LogP contribution in [0.2, 0.25) is 0 Å². The number of hydrogen-bond donors (Lipinski definition) is 0. The molecule has 0 spiro atoms. The molecule has 3 nitrogen and oxygen atoms in total. The molecule has 0 amide bonds. The molecule has 0 N–H and O–H groups in total. The number of hydrogen-bond acceptors (Lipinski definition) is 5. The minimum atomic E-state index is 0.647. The predicted octanol–water partition coefficient (Wildman–Crippen LogP) is 4.85. The van der Waals surface area contributed by atoms with Crippen LogP contribution in [-0.4, -0.2) is 10.1 Å². The van der Waals surface area contributed by atoms with Crippen LogP contribution in [0.4, 0.5) is 0 Å². The van der Waals surface area contributed by atoms with Crippen LogP contribution < -0.4 is 0 Å². The molecular weight excluding hydrogens is 344 g/mol. The van der Waals surface area contributed by atoms with Gasteiger partial charge in [-0.1, -0.05) is 21.1 Å². The Hall–Kier alpha value is -1.11. The smallest absolute Gasteiger partial charge is 0.237 e. The van der Waals surface area contributed by atoms with Crippen molar-refractivity contribution in [2.45, 2.75) is 10.6 Å². The molecule has 0 aliphatic carbocycles. The third kappa shape index (κ3) is 3.26. The summed E-state index contributed by atoms with van der Waals surface area (Å²) in [7, 11) is 0. The van der Waals surface area contributed by atoms with Gasteiger partial charge in [0, 0.05) is 20.3 Å². The highest BCUT2D eigenvalue weighted by Gasteiger charge is 2.09. The van der Waals surface area contributed by atoms with E-state index in [1.165, 1.54) is 4.90 Å². The number of aromatic nitrogens is 2. The van der Waals surface area contributed by atoms with Crippen molar-refractivity contribution < 1.29 is 4.52 Å². The average molecular weight is 353 g/mol. The van der Waals surface area contributed by atoms with Gasteiger partial charge in [0.2, 0.25) is 11.7 Å². The van der Waals surface area contributed by atoms with Gasteiger partial charge in [-0.2, -0.15) is 16.3 Å². The number of thiophene rings is 1. The Morgan fingerprint density at radius 1 is 1.21 bits per heavy atom. The molecule has 2 aromatic heterocycles. The van der Waals surface area contributed by atoms with E-state index in [-0.39, 0.29) is 0 Å². The van der Waals surface area contributed by atoms with E-state index in [4.69, 9.17) is 4.52 Å². The van der Waals surface area contributed by atoms with Gasteiger partial charge in [-0.3, -0.25) is 0 Å². The molecule has 0 saturated carbocycles. The lowest BCUT2D eigenvalue weighted by Crippen LogP contribution is -1.81. The monoisotopic (exact) mass is 352 g/mol. The van der Waals surface area contributed by atoms with Crippen molar-refractivity contribution in [2.24, 2.45) is 0 Å². The topological polar surface area (TPSA) is 38.9 Å². The van der Waals surface area contributed by atoms with Gasteiger partial charge >= 0.3 is 0 Å². The zero-order valence-corrected chi connectivity index (χ0v) is 13.0. The van der Waals surface area contributed by atoms with Crippen molar-refractivity contribution in [3.63, 3.8) is 0 Å². The molecule has 19 heavy (non-hydrogen) atoms. The molecule has 0 atom stereocenters. The molecule has 0 bridgehead atoms. The fraction of sp³-hybridized carbons (Fsp3) is 0.0769. The van der Waals surface area contributed by atoms with E-state index in [2.05, 4.69) is 38.2 Å². The van der Waals surface area contributed by atoms with Crippen molar-refractivity contribution in [3.05, 3.63) is 51.5 Å². The first-order valence-electron chi connectivity index (χ1n) is 5.55. The minimum absolute atomic E-state index is 0.647. The third-order valence-corrected chi connectivity index (χ3v) is 4.63. The number of nitrogens with zero attached hydrogens (tertiary/aromatic N) is 2. The normalized spacial score (nSPS) is 10.8. The Bertz CT molecular complexity index is 650. The highest BCUT2D eigenvalue weighted by Crippen LogP contribution is 2.25. The minimum Gasteiger partial charge on any atom is -0.338 e. The quantitative estimate of drug-likeness (QED) is 0.629. The highest BCUT2D eigenvalue weighted by molar-refractivity contribution is 9.10. The summed E-state index contributed by atoms with van der Waals surface area (Å²) in [6.45, 7) is 0. The van der Waals surface area contributed by atoms with E-state index in [0.29, 0.717) is 17.5 Å². The lowest BCUT2D eigenvalue weighted by Gasteiger charge is -1.97. The van der Waals surface area contributed by atoms with Crippen LogP contribution in [-0.2, 0) is 5.75 Å². The van der Waals surface area contributed by atoms with Crippen molar-refractivity contribution in [1.82, 2.24) is 10.1 Å². The maximum atomic E-state index is 5.25. The van der Waals surface area contributed by atoms with Crippen molar-refractivity contribution >= 4 is 39.0 Å². The lowest BCUT2D eigenvalue weighted by molar-refractivity contribution is 0.391. The number of halogens is 1. The molecule has 3 aromatic rings. The molecule has 0 aliphatic heterocycles. The van der Waals surface area contributed by atoms with E-state index in [1.54, 1.807) is 23.1 Å². The van der Waals surface area contributed by atoms with Gasteiger partial charge in [0.15, 0.2) is 0 Å². The van der Waals surface area contributed by atoms with Gasteiger partial charge in [0.05, 0.1) is 5.75 Å². The Kier molecular flexibility index (Phi) is 4.00. The van der Waals surface area contributed by atoms with Crippen LogP contribution in [0.3, 0.4) is 0 Å². The summed E-state index contributed by atoms with van der Waals surface area (Å²) in [5.41, 5.74) is 1.01. The molecule has 96 valence electrons. The van der Waals surface area contributed by atoms with Crippen molar-refractivity contribution in [1.29, 1.82) is 0 Å². The predicted molar refractivity (Wildman–Crippen MR) is 81.3 cm³/mol. The molecule has 1 aromatic carbocycles. The van der Waals surface area contributed by atoms with Crippen LogP contribution in [0.25, 0.3) is 11.4 Å². The van der Waals surface area contributed by atoms with Crippen LogP contribution in [0.5, 0.6) is 0 Å². The molecular formula is C13H9BrN2OS2. The third-order valence-electron chi connectivity index (χ3n) is 2.42. The van der Waals surface area contributed by atoms with E-state index in [1.807, 2.05) is 29.0 Å². The molecule has 3 rings (SSSR count). The van der Waals surface area contributed by atoms with E-state index in [0.717, 1.165) is 10.0 Å². The Balaban J connectivity index is 1.66. The number of thioether (sulfide) groups is 1. The Morgan fingerprint density at radius 2 is 2.05 bits per heavy atom. The zero-order valence-electron chi connectivity index (χ0n) is 9.75. The molecule has 2 heterocycles. The fourth-order valence-electron chi connectivity index (χ4n) is 1.50. The van der Waals surface area contributed by atoms with Gasteiger partial charge in [-0.15, -0.1) is 11.8 Å². The van der Waals surface area contributed by atoms with Gasteiger partial charge in [-0.05, 0) is 35.7 Å². The van der Waals surface area contributed by atoms with Gasteiger partial charge in [-0.25, -0.2) is 0 Å². The summed E-state index contributed by atoms with van der Waals surface area (Å²) in [6, 6.07) is 10.1. The maximum Gasteiger partial charge on any atom is 0.237 e. The molecule has 0 radical (unpaired) electrons. The molecule has 0 fully saturated rings. The number of benzene rings is 1. The Labute approximate surface area is 127 Å².